The highest BCUT2D eigenvalue weighted by Gasteiger charge is 2.20. The van der Waals surface area contributed by atoms with Crippen LogP contribution in [0.3, 0.4) is 0 Å². The third kappa shape index (κ3) is 7.07. The number of aliphatic hydroxyl groups is 1. The second kappa shape index (κ2) is 9.60. The van der Waals surface area contributed by atoms with Crippen LogP contribution in [0.5, 0.6) is 0 Å². The van der Waals surface area contributed by atoms with E-state index in [0.29, 0.717) is 17.7 Å². The van der Waals surface area contributed by atoms with Gasteiger partial charge in [0.1, 0.15) is 11.5 Å². The number of unbranched alkanes of at least 4 members (excludes halogenated alkanes) is 2. The molecule has 1 rings (SSSR count). The van der Waals surface area contributed by atoms with Gasteiger partial charge in [0.05, 0.1) is 20.6 Å². The van der Waals surface area contributed by atoms with Gasteiger partial charge in [0, 0.05) is 18.9 Å². The lowest BCUT2D eigenvalue weighted by Gasteiger charge is -2.31. The third-order valence-electron chi connectivity index (χ3n) is 4.64. The number of allylic oxidation sites excluding steroid dienone is 2. The van der Waals surface area contributed by atoms with Crippen LogP contribution in [0.4, 0.5) is 0 Å². The van der Waals surface area contributed by atoms with E-state index in [-0.39, 0.29) is 0 Å². The van der Waals surface area contributed by atoms with Crippen molar-refractivity contribution in [1.82, 2.24) is 5.32 Å². The van der Waals surface area contributed by atoms with Gasteiger partial charge >= 0.3 is 0 Å². The van der Waals surface area contributed by atoms with E-state index < -0.39 is 0 Å². The number of quaternary nitrogens is 1. The number of nitrogens with zero attached hydrogens (tertiary/aromatic N) is 1. The molecule has 0 amide bonds. The summed E-state index contributed by atoms with van der Waals surface area (Å²) in [5.74, 6) is 3.39. The van der Waals surface area contributed by atoms with E-state index in [0.717, 1.165) is 49.7 Å². The molecule has 2 N–H and O–H groups in total. The maximum atomic E-state index is 9.46. The van der Waals surface area contributed by atoms with Gasteiger partial charge in [0.25, 0.3) is 0 Å². The molecule has 1 aliphatic carbocycles. The first-order chi connectivity index (χ1) is 10.9. The molecule has 0 saturated carbocycles. The van der Waals surface area contributed by atoms with E-state index in [9.17, 15) is 5.11 Å². The summed E-state index contributed by atoms with van der Waals surface area (Å²) in [6.07, 6.45) is 16.2. The molecule has 3 heteroatoms. The first-order valence-corrected chi connectivity index (χ1v) is 8.64. The van der Waals surface area contributed by atoms with Crippen molar-refractivity contribution in [3.63, 3.8) is 0 Å². The highest BCUT2D eigenvalue weighted by atomic mass is 16.3. The lowest BCUT2D eigenvalue weighted by molar-refractivity contribution is -0.853. The van der Waals surface area contributed by atoms with Gasteiger partial charge in [-0.25, -0.2) is 0 Å². The number of rotatable bonds is 10. The minimum absolute atomic E-state index is 0.311. The van der Waals surface area contributed by atoms with Crippen molar-refractivity contribution in [2.75, 3.05) is 27.2 Å². The topological polar surface area (TPSA) is 32.3 Å². The Morgan fingerprint density at radius 2 is 2.13 bits per heavy atom. The summed E-state index contributed by atoms with van der Waals surface area (Å²) in [5, 5.41) is 13.0. The SMILES string of the molecule is C#CCCCC[N+](C)(C)C(=C)CCCNC1C=CC(O)=C[C@H]1C. The van der Waals surface area contributed by atoms with Crippen LogP contribution in [0.25, 0.3) is 0 Å². The molecule has 0 aliphatic heterocycles. The summed E-state index contributed by atoms with van der Waals surface area (Å²) in [7, 11) is 4.45. The van der Waals surface area contributed by atoms with Crippen LogP contribution in [-0.2, 0) is 0 Å². The van der Waals surface area contributed by atoms with Crippen LogP contribution in [-0.4, -0.2) is 42.8 Å². The van der Waals surface area contributed by atoms with Crippen molar-refractivity contribution in [3.8, 4) is 12.3 Å². The predicted molar refractivity (Wildman–Crippen MR) is 98.8 cm³/mol. The van der Waals surface area contributed by atoms with E-state index in [4.69, 9.17) is 6.42 Å². The normalized spacial score (nSPS) is 20.9. The number of hydrogen-bond acceptors (Lipinski definition) is 2. The lowest BCUT2D eigenvalue weighted by Crippen LogP contribution is -2.39. The minimum atomic E-state index is 0.311. The summed E-state index contributed by atoms with van der Waals surface area (Å²) in [5.41, 5.74) is 1.28. The maximum Gasteiger partial charge on any atom is 0.111 e. The van der Waals surface area contributed by atoms with Gasteiger partial charge in [0.15, 0.2) is 0 Å². The molecule has 0 bridgehead atoms. The van der Waals surface area contributed by atoms with Crippen molar-refractivity contribution >= 4 is 0 Å². The Kier molecular flexibility index (Phi) is 8.16. The Hall–Kier alpha value is -1.50. The van der Waals surface area contributed by atoms with Crippen LogP contribution in [0.2, 0.25) is 0 Å². The fourth-order valence-electron chi connectivity index (χ4n) is 2.82. The quantitative estimate of drug-likeness (QED) is 0.365. The Bertz CT molecular complexity index is 482. The van der Waals surface area contributed by atoms with Crippen LogP contribution in [0.1, 0.15) is 39.0 Å². The second-order valence-electron chi connectivity index (χ2n) is 7.03. The van der Waals surface area contributed by atoms with E-state index in [1.165, 1.54) is 5.70 Å². The summed E-state index contributed by atoms with van der Waals surface area (Å²) < 4.78 is 0.876. The van der Waals surface area contributed by atoms with Crippen LogP contribution in [0.15, 0.2) is 36.3 Å². The molecule has 0 aromatic heterocycles. The van der Waals surface area contributed by atoms with Gasteiger partial charge in [-0.05, 0) is 50.5 Å². The van der Waals surface area contributed by atoms with Gasteiger partial charge in [-0.1, -0.05) is 13.0 Å². The summed E-state index contributed by atoms with van der Waals surface area (Å²) in [4.78, 5) is 0. The number of nitrogens with one attached hydrogen (secondary N) is 1. The summed E-state index contributed by atoms with van der Waals surface area (Å²) in [6.45, 7) is 8.46. The van der Waals surface area contributed by atoms with E-state index in [1.54, 1.807) is 6.08 Å². The zero-order valence-electron chi connectivity index (χ0n) is 15.0. The molecule has 0 spiro atoms. The number of aliphatic hydroxyl groups excluding tert-OH is 1. The molecule has 128 valence electrons. The molecular weight excluding hydrogens is 284 g/mol. The Balaban J connectivity index is 2.23. The fourth-order valence-corrected chi connectivity index (χ4v) is 2.82. The molecule has 0 heterocycles. The Morgan fingerprint density at radius 1 is 1.39 bits per heavy atom. The van der Waals surface area contributed by atoms with E-state index >= 15 is 0 Å². The van der Waals surface area contributed by atoms with Gasteiger partial charge in [-0.3, -0.25) is 0 Å². The maximum absolute atomic E-state index is 9.46. The lowest BCUT2D eigenvalue weighted by atomic mass is 9.96. The summed E-state index contributed by atoms with van der Waals surface area (Å²) in [6, 6.07) is 0.311. The van der Waals surface area contributed by atoms with Crippen molar-refractivity contribution in [3.05, 3.63) is 36.3 Å². The smallest absolute Gasteiger partial charge is 0.111 e. The standard InChI is InChI=1S/C20H32N2O/c1-6-7-8-9-15-22(4,5)18(3)11-10-14-21-20-13-12-19(23)16-17(20)2/h1,12-13,16-17,20-21H,3,7-11,14-15H2,2,4-5H3/p+1/t17-,20?/m1/s1. The molecule has 2 atom stereocenters. The average Bonchev–Trinajstić information content (AvgIpc) is 2.49. The molecule has 1 unspecified atom stereocenters. The molecule has 3 nitrogen and oxygen atoms in total. The molecular formula is C20H33N2O+. The summed E-state index contributed by atoms with van der Waals surface area (Å²) >= 11 is 0. The molecule has 0 aromatic rings. The minimum Gasteiger partial charge on any atom is -0.508 e. The highest BCUT2D eigenvalue weighted by Crippen LogP contribution is 2.18. The van der Waals surface area contributed by atoms with Gasteiger partial charge in [-0.15, -0.1) is 12.3 Å². The molecule has 0 saturated heterocycles. The van der Waals surface area contributed by atoms with E-state index in [2.05, 4.69) is 38.8 Å². The van der Waals surface area contributed by atoms with Crippen LogP contribution >= 0.6 is 0 Å². The molecule has 23 heavy (non-hydrogen) atoms. The van der Waals surface area contributed by atoms with Crippen molar-refractivity contribution in [2.24, 2.45) is 5.92 Å². The fraction of sp³-hybridized carbons (Fsp3) is 0.600. The van der Waals surface area contributed by atoms with Crippen molar-refractivity contribution in [2.45, 2.75) is 45.1 Å². The van der Waals surface area contributed by atoms with Gasteiger partial charge in [-0.2, -0.15) is 0 Å². The first-order valence-electron chi connectivity index (χ1n) is 8.64. The van der Waals surface area contributed by atoms with Crippen LogP contribution < -0.4 is 5.32 Å². The van der Waals surface area contributed by atoms with Gasteiger partial charge < -0.3 is 14.9 Å². The van der Waals surface area contributed by atoms with Crippen molar-refractivity contribution in [1.29, 1.82) is 0 Å². The average molecular weight is 317 g/mol. The van der Waals surface area contributed by atoms with E-state index in [1.807, 2.05) is 12.2 Å². The monoisotopic (exact) mass is 317 g/mol. The highest BCUT2D eigenvalue weighted by molar-refractivity contribution is 5.21. The van der Waals surface area contributed by atoms with Gasteiger partial charge in [0.2, 0.25) is 0 Å². The molecule has 0 aromatic carbocycles. The first kappa shape index (κ1) is 19.5. The molecule has 0 radical (unpaired) electrons. The van der Waals surface area contributed by atoms with Crippen LogP contribution in [0, 0.1) is 18.3 Å². The largest absolute Gasteiger partial charge is 0.508 e. The predicted octanol–water partition coefficient (Wildman–Crippen LogP) is 3.77. The van der Waals surface area contributed by atoms with Crippen molar-refractivity contribution < 1.29 is 9.59 Å². The third-order valence-corrected chi connectivity index (χ3v) is 4.64. The molecule has 1 aliphatic rings. The Morgan fingerprint density at radius 3 is 2.78 bits per heavy atom. The zero-order valence-corrected chi connectivity index (χ0v) is 15.0. The zero-order chi connectivity index (χ0) is 17.3. The second-order valence-corrected chi connectivity index (χ2v) is 7.03. The number of terminal acetylenes is 1. The molecule has 0 fully saturated rings. The Labute approximate surface area is 142 Å². The number of hydrogen-bond donors (Lipinski definition) is 2.